The Morgan fingerprint density at radius 1 is 0.535 bits per heavy atom. The molecule has 1 spiro atoms. The Balaban J connectivity index is 0.836. The molecule has 101 heavy (non-hydrogen) atoms. The molecule has 7 aliphatic heterocycles. The van der Waals surface area contributed by atoms with E-state index in [2.05, 4.69) is 47.6 Å². The van der Waals surface area contributed by atoms with Crippen LogP contribution in [-0.4, -0.2) is 332 Å². The molecule has 0 bridgehead atoms. The third-order valence-electron chi connectivity index (χ3n) is 24.8. The van der Waals surface area contributed by atoms with Gasteiger partial charge in [-0.05, 0) is 86.9 Å². The summed E-state index contributed by atoms with van der Waals surface area (Å²) in [7, 11) is 2.37. The summed E-state index contributed by atoms with van der Waals surface area (Å²) in [5.41, 5.74) is -1.92. The molecular formula is C68H110O33. The number of rotatable bonds is 23. The molecule has 0 aromatic heterocycles. The molecule has 7 saturated heterocycles. The second-order valence-corrected chi connectivity index (χ2v) is 31.4. The number of hydrogen-bond donors (Lipinski definition) is 15. The van der Waals surface area contributed by atoms with Crippen molar-refractivity contribution in [2.45, 2.75) is 303 Å². The lowest BCUT2D eigenvalue weighted by atomic mass is 9.41. The summed E-state index contributed by atoms with van der Waals surface area (Å²) in [6.45, 7) is 11.8. The number of cyclic esters (lactones) is 1. The standard InChI is InChI=1S/C68H110O33/c1-27(2)19-29(90-28(3)73)20-67(8)39-14-17-66(7)31-11-12-38-64(4,5)40(15-16-65(38,6)30(31)13-18-68(39,66)63(85)101-67)96-62-56(44(78)37(26-89-62)95-59-50(84)55(43(77)35(23-71)91-59)99-61-49(83)54(87-10)42(76)34(22-70)93-61)100-58-46(80)45(79)52(36(24-72)94-58)98-57-47(81)51(32(74)25-88-57)97-60-48(82)53(86-9)41(75)33(21-69)92-60/h11,27,29-30,32-62,69-72,74-84H,12-26H2,1-10H3/t29-,30+,32+,33?,34?,35?,36?,37+,38-,39+,40-,41+,42+,43+,44?,45?,46?,47?,48?,49?,50?,51?,52+,53?,54?,55?,56?,57-,58-,59-,60-,61-,62-,65+,66-,67-,68?/m0/s1. The molecule has 17 unspecified atom stereocenters. The summed E-state index contributed by atoms with van der Waals surface area (Å²) in [5.74, 6) is -0.435. The third kappa shape index (κ3) is 14.3. The van der Waals surface area contributed by atoms with Gasteiger partial charge < -0.3 is 152 Å². The molecule has 4 aliphatic carbocycles. The molecule has 3 saturated carbocycles. The second-order valence-electron chi connectivity index (χ2n) is 31.4. The second kappa shape index (κ2) is 31.2. The smallest absolute Gasteiger partial charge is 0.313 e. The Morgan fingerprint density at radius 3 is 1.62 bits per heavy atom. The van der Waals surface area contributed by atoms with E-state index in [1.165, 1.54) is 26.7 Å². The van der Waals surface area contributed by atoms with Gasteiger partial charge in [0.1, 0.15) is 146 Å². The number of carbonyl (C=O) groups excluding carboxylic acids is 2. The maximum atomic E-state index is 14.8. The molecular weight excluding hydrogens is 1340 g/mol. The molecule has 0 amide bonds. The maximum Gasteiger partial charge on any atom is 0.313 e. The van der Waals surface area contributed by atoms with E-state index >= 15 is 0 Å². The first-order valence-electron chi connectivity index (χ1n) is 35.6. The van der Waals surface area contributed by atoms with Gasteiger partial charge >= 0.3 is 11.9 Å². The fourth-order valence-electron chi connectivity index (χ4n) is 19.6. The Labute approximate surface area is 585 Å². The van der Waals surface area contributed by atoms with Gasteiger partial charge in [-0.15, -0.1) is 0 Å². The van der Waals surface area contributed by atoms with Crippen LogP contribution >= 0.6 is 0 Å². The average molecular weight is 1460 g/mol. The van der Waals surface area contributed by atoms with Crippen molar-refractivity contribution in [2.24, 2.45) is 45.3 Å². The van der Waals surface area contributed by atoms with Crippen LogP contribution in [0.1, 0.15) is 113 Å². The number of allylic oxidation sites excluding steroid dienone is 2. The van der Waals surface area contributed by atoms with Crippen LogP contribution < -0.4 is 0 Å². The molecule has 15 N–H and O–H groups in total. The number of aliphatic hydroxyl groups is 15. The van der Waals surface area contributed by atoms with Gasteiger partial charge in [0.15, 0.2) is 37.7 Å². The van der Waals surface area contributed by atoms with Crippen molar-refractivity contribution >= 4 is 11.9 Å². The van der Waals surface area contributed by atoms with E-state index in [0.29, 0.717) is 44.9 Å². The highest BCUT2D eigenvalue weighted by Gasteiger charge is 2.77. The van der Waals surface area contributed by atoms with Crippen LogP contribution in [0.5, 0.6) is 0 Å². The molecule has 0 aromatic rings. The van der Waals surface area contributed by atoms with Crippen LogP contribution in [0.4, 0.5) is 0 Å². The molecule has 10 fully saturated rings. The Bertz CT molecular complexity index is 2820. The van der Waals surface area contributed by atoms with Crippen LogP contribution in [0.15, 0.2) is 11.6 Å². The largest absolute Gasteiger partial charge is 0.462 e. The number of methoxy groups -OCH3 is 2. The van der Waals surface area contributed by atoms with Crippen molar-refractivity contribution in [2.75, 3.05) is 53.9 Å². The molecule has 0 aromatic carbocycles. The van der Waals surface area contributed by atoms with Gasteiger partial charge in [-0.1, -0.05) is 53.2 Å². The topological polar surface area (TPSA) is 485 Å². The minimum absolute atomic E-state index is 0.0434. The molecule has 11 rings (SSSR count). The monoisotopic (exact) mass is 1450 g/mol. The maximum absolute atomic E-state index is 14.8. The van der Waals surface area contributed by atoms with Gasteiger partial charge in [-0.2, -0.15) is 0 Å². The number of ether oxygens (including phenoxy) is 16. The number of aliphatic hydroxyl groups excluding tert-OH is 15. The summed E-state index contributed by atoms with van der Waals surface area (Å²) < 4.78 is 95.8. The molecule has 0 radical (unpaired) electrons. The molecule has 33 heteroatoms. The molecule has 11 aliphatic rings. The molecule has 580 valence electrons. The van der Waals surface area contributed by atoms with Crippen LogP contribution in [0.2, 0.25) is 0 Å². The first-order valence-corrected chi connectivity index (χ1v) is 35.6. The Morgan fingerprint density at radius 2 is 1.05 bits per heavy atom. The Hall–Kier alpha value is -2.48. The number of hydrogen-bond acceptors (Lipinski definition) is 33. The Kier molecular flexibility index (Phi) is 24.6. The van der Waals surface area contributed by atoms with Crippen molar-refractivity contribution in [3.63, 3.8) is 0 Å². The minimum Gasteiger partial charge on any atom is -0.462 e. The first-order chi connectivity index (χ1) is 47.7. The summed E-state index contributed by atoms with van der Waals surface area (Å²) in [6.07, 6.45) is -41.1. The lowest BCUT2D eigenvalue weighted by molar-refractivity contribution is -0.396. The first kappa shape index (κ1) is 79.6. The summed E-state index contributed by atoms with van der Waals surface area (Å²) >= 11 is 0. The van der Waals surface area contributed by atoms with Gasteiger partial charge in [0.05, 0.1) is 51.2 Å². The van der Waals surface area contributed by atoms with Gasteiger partial charge in [0, 0.05) is 38.9 Å². The number of fused-ring (bicyclic) bond motifs is 4. The van der Waals surface area contributed by atoms with Crippen molar-refractivity contribution in [1.29, 1.82) is 0 Å². The average Bonchev–Trinajstić information content (AvgIpc) is 1.53. The lowest BCUT2D eigenvalue weighted by Crippen LogP contribution is -2.67. The van der Waals surface area contributed by atoms with Crippen LogP contribution in [0.3, 0.4) is 0 Å². The highest BCUT2D eigenvalue weighted by molar-refractivity contribution is 5.83. The van der Waals surface area contributed by atoms with Crippen molar-refractivity contribution in [3.8, 4) is 0 Å². The van der Waals surface area contributed by atoms with Gasteiger partial charge in [0.2, 0.25) is 0 Å². The van der Waals surface area contributed by atoms with E-state index in [-0.39, 0.29) is 41.0 Å². The highest BCUT2D eigenvalue weighted by atomic mass is 16.8. The zero-order valence-corrected chi connectivity index (χ0v) is 58.9. The van der Waals surface area contributed by atoms with Gasteiger partial charge in [-0.3, -0.25) is 9.59 Å². The lowest BCUT2D eigenvalue weighted by Gasteiger charge is -2.64. The number of carbonyl (C=O) groups is 2. The van der Waals surface area contributed by atoms with Crippen LogP contribution in [0, 0.1) is 45.3 Å². The zero-order chi connectivity index (χ0) is 73.5. The summed E-state index contributed by atoms with van der Waals surface area (Å²) in [5, 5.41) is 167. The zero-order valence-electron chi connectivity index (χ0n) is 58.9. The molecule has 7 heterocycles. The van der Waals surface area contributed by atoms with Crippen molar-refractivity contribution in [3.05, 3.63) is 11.6 Å². The van der Waals surface area contributed by atoms with E-state index in [4.69, 9.17) is 75.8 Å². The van der Waals surface area contributed by atoms with Crippen molar-refractivity contribution in [1.82, 2.24) is 0 Å². The molecule has 33 nitrogen and oxygen atoms in total. The van der Waals surface area contributed by atoms with E-state index in [1.807, 2.05) is 6.92 Å². The van der Waals surface area contributed by atoms with Crippen LogP contribution in [-0.2, 0) is 85.4 Å². The fraction of sp³-hybridized carbons (Fsp3) is 0.941. The van der Waals surface area contributed by atoms with Gasteiger partial charge in [0.25, 0.3) is 0 Å². The minimum atomic E-state index is -2.13. The normalized spacial score (nSPS) is 50.9. The summed E-state index contributed by atoms with van der Waals surface area (Å²) in [6, 6.07) is 0. The highest BCUT2D eigenvalue weighted by Crippen LogP contribution is 2.76. The van der Waals surface area contributed by atoms with E-state index < -0.39 is 246 Å². The third-order valence-corrected chi connectivity index (χ3v) is 24.8. The van der Waals surface area contributed by atoms with Gasteiger partial charge in [-0.25, -0.2) is 0 Å². The fourth-order valence-corrected chi connectivity index (χ4v) is 19.6. The summed E-state index contributed by atoms with van der Waals surface area (Å²) in [4.78, 5) is 27.2. The van der Waals surface area contributed by atoms with E-state index in [1.54, 1.807) is 0 Å². The molecule has 37 atom stereocenters. The van der Waals surface area contributed by atoms with Crippen LogP contribution in [0.25, 0.3) is 0 Å². The predicted octanol–water partition coefficient (Wildman–Crippen LogP) is -3.85. The van der Waals surface area contributed by atoms with Crippen molar-refractivity contribution < 1.29 is 162 Å². The SMILES string of the molecule is COC1C(O)[C@H](OC2C(O)[C@H](O[C@@H]3CO[C@@H](O[C@H]4CC[C@]5(C)[C@@H]6CCC78C(=O)O[C@@](C)(C[C@H](CC(C)C)OC(C)=O)[C@H]7CC[C@@]8(C)C6=CC[C@H]5C4(C)C)C(O[C@@H]4OC(CO)[C@@H](O[C@@H]5OC[C@@H](O)C(O[C@@H]6OC(CO)[C@@H](O)C(OC)C6O)C5O)C(O)C4O)C3O)OC(CO)[C@H]2O)OC(CO)[C@H]1O. The van der Waals surface area contributed by atoms with E-state index in [0.717, 1.165) is 12.8 Å². The predicted molar refractivity (Wildman–Crippen MR) is 337 cm³/mol. The van der Waals surface area contributed by atoms with E-state index in [9.17, 15) is 86.2 Å². The quantitative estimate of drug-likeness (QED) is 0.0344. The number of esters is 2.